The van der Waals surface area contributed by atoms with Gasteiger partial charge in [0.2, 0.25) is 5.88 Å². The Morgan fingerprint density at radius 1 is 1.29 bits per heavy atom. The summed E-state index contributed by atoms with van der Waals surface area (Å²) in [4.78, 5) is 11.4. The van der Waals surface area contributed by atoms with Gasteiger partial charge in [-0.3, -0.25) is 4.90 Å². The molecule has 0 bridgehead atoms. The molecule has 0 amide bonds. The lowest BCUT2D eigenvalue weighted by atomic mass is 10.1. The van der Waals surface area contributed by atoms with Crippen LogP contribution >= 0.6 is 0 Å². The third kappa shape index (κ3) is 3.44. The maximum Gasteiger partial charge on any atom is 0.217 e. The van der Waals surface area contributed by atoms with Gasteiger partial charge in [-0.05, 0) is 19.9 Å². The van der Waals surface area contributed by atoms with E-state index < -0.39 is 0 Å². The number of aromatic nitrogens is 3. The van der Waals surface area contributed by atoms with Crippen LogP contribution < -0.4 is 4.74 Å². The summed E-state index contributed by atoms with van der Waals surface area (Å²) in [6.45, 7) is 8.53. The minimum atomic E-state index is 0.268. The molecule has 0 radical (unpaired) electrons. The van der Waals surface area contributed by atoms with Gasteiger partial charge in [0.1, 0.15) is 5.82 Å². The summed E-state index contributed by atoms with van der Waals surface area (Å²) >= 11 is 0. The molecule has 0 N–H and O–H groups in total. The Kier molecular flexibility index (Phi) is 5.48. The molecule has 0 fully saturated rings. The van der Waals surface area contributed by atoms with Crippen molar-refractivity contribution in [3.63, 3.8) is 0 Å². The molecule has 24 heavy (non-hydrogen) atoms. The number of fused-ring (bicyclic) bond motifs is 1. The molecule has 2 aromatic rings. The van der Waals surface area contributed by atoms with Gasteiger partial charge in [0.15, 0.2) is 0 Å². The van der Waals surface area contributed by atoms with Gasteiger partial charge in [0, 0.05) is 56.3 Å². The molecule has 0 aliphatic carbocycles. The van der Waals surface area contributed by atoms with Gasteiger partial charge in [0.25, 0.3) is 0 Å². The van der Waals surface area contributed by atoms with Gasteiger partial charge in [-0.2, -0.15) is 0 Å². The molecule has 1 aliphatic rings. The maximum atomic E-state index is 5.48. The van der Waals surface area contributed by atoms with E-state index in [1.165, 1.54) is 5.69 Å². The lowest BCUT2D eigenvalue weighted by Gasteiger charge is -2.34. The van der Waals surface area contributed by atoms with Crippen LogP contribution in [0.4, 0.5) is 0 Å². The van der Waals surface area contributed by atoms with E-state index in [4.69, 9.17) is 9.47 Å². The number of ether oxygens (including phenoxy) is 2. The molecule has 2 aromatic heterocycles. The number of imidazole rings is 1. The summed E-state index contributed by atoms with van der Waals surface area (Å²) < 4.78 is 13.2. The highest BCUT2D eigenvalue weighted by Crippen LogP contribution is 2.28. The predicted octanol–water partition coefficient (Wildman–Crippen LogP) is 2.44. The van der Waals surface area contributed by atoms with Crippen molar-refractivity contribution >= 4 is 0 Å². The Bertz CT molecular complexity index is 671. The first-order valence-corrected chi connectivity index (χ1v) is 8.58. The topological polar surface area (TPSA) is 52.4 Å². The predicted molar refractivity (Wildman–Crippen MR) is 92.0 cm³/mol. The molecule has 3 rings (SSSR count). The Morgan fingerprint density at radius 2 is 2.17 bits per heavy atom. The summed E-state index contributed by atoms with van der Waals surface area (Å²) in [6.07, 6.45) is 4.68. The standard InChI is InChI=1S/C18H26N4O2/c1-4-24-11-7-16-12-20-17-14(2)21(9-10-22(16)17)13-15-6-5-8-19-18(15)23-3/h5-6,8,12,14H,4,7,9-11,13H2,1-3H3/t14-/m0/s1. The number of rotatable bonds is 7. The van der Waals surface area contributed by atoms with Crippen molar-refractivity contribution in [1.82, 2.24) is 19.4 Å². The molecule has 6 nitrogen and oxygen atoms in total. The monoisotopic (exact) mass is 330 g/mol. The Hall–Kier alpha value is -1.92. The Morgan fingerprint density at radius 3 is 2.96 bits per heavy atom. The third-order valence-corrected chi connectivity index (χ3v) is 4.62. The molecule has 3 heterocycles. The minimum Gasteiger partial charge on any atom is -0.481 e. The van der Waals surface area contributed by atoms with Crippen molar-refractivity contribution in [2.75, 3.05) is 26.9 Å². The summed E-state index contributed by atoms with van der Waals surface area (Å²) in [7, 11) is 1.67. The van der Waals surface area contributed by atoms with Crippen molar-refractivity contribution in [2.24, 2.45) is 0 Å². The summed E-state index contributed by atoms with van der Waals surface area (Å²) in [5.74, 6) is 1.84. The first kappa shape index (κ1) is 16.9. The highest BCUT2D eigenvalue weighted by molar-refractivity contribution is 5.25. The fraction of sp³-hybridized carbons (Fsp3) is 0.556. The van der Waals surface area contributed by atoms with E-state index in [-0.39, 0.29) is 6.04 Å². The van der Waals surface area contributed by atoms with E-state index in [9.17, 15) is 0 Å². The SMILES string of the molecule is CCOCCc1cnc2n1CCN(Cc1cccnc1OC)[C@H]2C. The molecule has 0 aromatic carbocycles. The molecule has 6 heteroatoms. The van der Waals surface area contributed by atoms with Gasteiger partial charge >= 0.3 is 0 Å². The van der Waals surface area contributed by atoms with Crippen molar-refractivity contribution in [3.8, 4) is 5.88 Å². The average molecular weight is 330 g/mol. The second kappa shape index (κ2) is 7.77. The fourth-order valence-corrected chi connectivity index (χ4v) is 3.29. The van der Waals surface area contributed by atoms with Crippen LogP contribution in [0.1, 0.15) is 37.0 Å². The molecular weight excluding hydrogens is 304 g/mol. The lowest BCUT2D eigenvalue weighted by Crippen LogP contribution is -2.37. The summed E-state index contributed by atoms with van der Waals surface area (Å²) in [6, 6.07) is 4.30. The third-order valence-electron chi connectivity index (χ3n) is 4.62. The van der Waals surface area contributed by atoms with E-state index in [1.807, 2.05) is 19.2 Å². The van der Waals surface area contributed by atoms with E-state index in [0.29, 0.717) is 5.88 Å². The van der Waals surface area contributed by atoms with Crippen LogP contribution in [0.15, 0.2) is 24.5 Å². The smallest absolute Gasteiger partial charge is 0.217 e. The van der Waals surface area contributed by atoms with E-state index in [0.717, 1.165) is 50.7 Å². The number of methoxy groups -OCH3 is 1. The molecular formula is C18H26N4O2. The second-order valence-corrected chi connectivity index (χ2v) is 6.02. The van der Waals surface area contributed by atoms with Crippen LogP contribution in [0.25, 0.3) is 0 Å². The number of hydrogen-bond acceptors (Lipinski definition) is 5. The van der Waals surface area contributed by atoms with Crippen molar-refractivity contribution in [1.29, 1.82) is 0 Å². The second-order valence-electron chi connectivity index (χ2n) is 6.02. The highest BCUT2D eigenvalue weighted by Gasteiger charge is 2.27. The van der Waals surface area contributed by atoms with Gasteiger partial charge < -0.3 is 14.0 Å². The molecule has 1 atom stereocenters. The van der Waals surface area contributed by atoms with E-state index >= 15 is 0 Å². The number of pyridine rings is 1. The first-order valence-electron chi connectivity index (χ1n) is 8.58. The van der Waals surface area contributed by atoms with Crippen molar-refractivity contribution in [3.05, 3.63) is 41.6 Å². The minimum absolute atomic E-state index is 0.268. The van der Waals surface area contributed by atoms with Crippen LogP contribution in [-0.4, -0.2) is 46.3 Å². The van der Waals surface area contributed by atoms with Crippen molar-refractivity contribution in [2.45, 2.75) is 39.4 Å². The zero-order valence-corrected chi connectivity index (χ0v) is 14.7. The largest absolute Gasteiger partial charge is 0.481 e. The van der Waals surface area contributed by atoms with Crippen LogP contribution in [0.2, 0.25) is 0 Å². The molecule has 0 saturated carbocycles. The van der Waals surface area contributed by atoms with Crippen LogP contribution in [0, 0.1) is 0 Å². The summed E-state index contributed by atoms with van der Waals surface area (Å²) in [5, 5.41) is 0. The van der Waals surface area contributed by atoms with Crippen molar-refractivity contribution < 1.29 is 9.47 Å². The maximum absolute atomic E-state index is 5.48. The van der Waals surface area contributed by atoms with Gasteiger partial charge in [-0.15, -0.1) is 0 Å². The van der Waals surface area contributed by atoms with E-state index in [2.05, 4.69) is 32.4 Å². The molecule has 0 spiro atoms. The molecule has 0 unspecified atom stereocenters. The summed E-state index contributed by atoms with van der Waals surface area (Å²) in [5.41, 5.74) is 2.38. The highest BCUT2D eigenvalue weighted by atomic mass is 16.5. The van der Waals surface area contributed by atoms with Gasteiger partial charge in [-0.1, -0.05) is 6.07 Å². The Labute approximate surface area is 143 Å². The normalized spacial score (nSPS) is 17.7. The van der Waals surface area contributed by atoms with Crippen LogP contribution in [0.5, 0.6) is 5.88 Å². The van der Waals surface area contributed by atoms with Gasteiger partial charge in [-0.25, -0.2) is 9.97 Å². The zero-order chi connectivity index (χ0) is 16.9. The molecule has 1 aliphatic heterocycles. The number of nitrogens with zero attached hydrogens (tertiary/aromatic N) is 4. The zero-order valence-electron chi connectivity index (χ0n) is 14.7. The number of hydrogen-bond donors (Lipinski definition) is 0. The molecule has 130 valence electrons. The van der Waals surface area contributed by atoms with Crippen LogP contribution in [0.3, 0.4) is 0 Å². The first-order chi connectivity index (χ1) is 11.7. The van der Waals surface area contributed by atoms with Gasteiger partial charge in [0.05, 0.1) is 19.8 Å². The Balaban J connectivity index is 1.72. The quantitative estimate of drug-likeness (QED) is 0.730. The molecule has 0 saturated heterocycles. The lowest BCUT2D eigenvalue weighted by molar-refractivity contribution is 0.142. The van der Waals surface area contributed by atoms with Crippen LogP contribution in [-0.2, 0) is 24.2 Å². The average Bonchev–Trinajstić information content (AvgIpc) is 3.02. The fourth-order valence-electron chi connectivity index (χ4n) is 3.29. The van der Waals surface area contributed by atoms with E-state index in [1.54, 1.807) is 13.3 Å².